The zero-order valence-corrected chi connectivity index (χ0v) is 15.7. The van der Waals surface area contributed by atoms with Crippen LogP contribution in [0.25, 0.3) is 0 Å². The van der Waals surface area contributed by atoms with Crippen LogP contribution in [0.5, 0.6) is 0 Å². The molecule has 1 saturated heterocycles. The van der Waals surface area contributed by atoms with Gasteiger partial charge in [0.15, 0.2) is 0 Å². The van der Waals surface area contributed by atoms with Gasteiger partial charge in [0, 0.05) is 37.6 Å². The molecule has 7 heteroatoms. The SMILES string of the molecule is CC1(C)CCCC[C@H]1NC(=O)NC1CCN(C(=O)c2cnccn2)CC1. The van der Waals surface area contributed by atoms with Crippen molar-refractivity contribution in [3.8, 4) is 0 Å². The molecule has 1 aromatic heterocycles. The zero-order chi connectivity index (χ0) is 18.6. The summed E-state index contributed by atoms with van der Waals surface area (Å²) in [5.74, 6) is -0.0926. The lowest BCUT2D eigenvalue weighted by Crippen LogP contribution is -2.54. The number of aromatic nitrogens is 2. The van der Waals surface area contributed by atoms with Crippen LogP contribution in [-0.4, -0.2) is 52.0 Å². The van der Waals surface area contributed by atoms with Gasteiger partial charge in [-0.2, -0.15) is 0 Å². The molecule has 0 unspecified atom stereocenters. The van der Waals surface area contributed by atoms with Gasteiger partial charge in [-0.15, -0.1) is 0 Å². The molecule has 0 aromatic carbocycles. The Labute approximate surface area is 155 Å². The highest BCUT2D eigenvalue weighted by Gasteiger charge is 2.33. The van der Waals surface area contributed by atoms with Crippen LogP contribution in [0.2, 0.25) is 0 Å². The standard InChI is InChI=1S/C19H29N5O2/c1-19(2)8-4-3-5-16(19)23-18(26)22-14-6-11-24(12-7-14)17(25)15-13-20-9-10-21-15/h9-10,13-14,16H,3-8,11-12H2,1-2H3,(H2,22,23,26)/t16-/m1/s1. The summed E-state index contributed by atoms with van der Waals surface area (Å²) in [4.78, 5) is 34.6. The highest BCUT2D eigenvalue weighted by atomic mass is 16.2. The lowest BCUT2D eigenvalue weighted by atomic mass is 9.73. The number of carbonyl (C=O) groups excluding carboxylic acids is 2. The van der Waals surface area contributed by atoms with Crippen molar-refractivity contribution in [1.82, 2.24) is 25.5 Å². The number of amides is 3. The average molecular weight is 359 g/mol. The molecule has 3 amide bonds. The molecule has 2 heterocycles. The molecule has 1 aliphatic heterocycles. The van der Waals surface area contributed by atoms with Crippen LogP contribution in [0, 0.1) is 5.41 Å². The summed E-state index contributed by atoms with van der Waals surface area (Å²) < 4.78 is 0. The summed E-state index contributed by atoms with van der Waals surface area (Å²) in [5.41, 5.74) is 0.526. The Morgan fingerprint density at radius 2 is 1.88 bits per heavy atom. The number of likely N-dealkylation sites (tertiary alicyclic amines) is 1. The molecule has 142 valence electrons. The maximum Gasteiger partial charge on any atom is 0.315 e. The fraction of sp³-hybridized carbons (Fsp3) is 0.684. The van der Waals surface area contributed by atoms with Crippen LogP contribution in [0.4, 0.5) is 4.79 Å². The lowest BCUT2D eigenvalue weighted by molar-refractivity contribution is 0.0701. The molecular formula is C19H29N5O2. The van der Waals surface area contributed by atoms with Gasteiger partial charge >= 0.3 is 6.03 Å². The van der Waals surface area contributed by atoms with Gasteiger partial charge in [0.2, 0.25) is 0 Å². The molecule has 1 saturated carbocycles. The summed E-state index contributed by atoms with van der Waals surface area (Å²) >= 11 is 0. The summed E-state index contributed by atoms with van der Waals surface area (Å²) in [7, 11) is 0. The Morgan fingerprint density at radius 3 is 2.54 bits per heavy atom. The Balaban J connectivity index is 1.45. The first-order chi connectivity index (χ1) is 12.5. The number of hydrogen-bond acceptors (Lipinski definition) is 4. The number of carbonyl (C=O) groups is 2. The van der Waals surface area contributed by atoms with E-state index in [-0.39, 0.29) is 29.4 Å². The Kier molecular flexibility index (Phi) is 5.74. The summed E-state index contributed by atoms with van der Waals surface area (Å²) in [6.07, 6.45) is 10.7. The molecule has 7 nitrogen and oxygen atoms in total. The van der Waals surface area contributed by atoms with Crippen molar-refractivity contribution in [2.45, 2.75) is 64.5 Å². The van der Waals surface area contributed by atoms with E-state index < -0.39 is 0 Å². The van der Waals surface area contributed by atoms with Gasteiger partial charge in [-0.1, -0.05) is 26.7 Å². The van der Waals surface area contributed by atoms with Crippen LogP contribution >= 0.6 is 0 Å². The second-order valence-corrected chi connectivity index (χ2v) is 8.06. The predicted molar refractivity (Wildman–Crippen MR) is 98.7 cm³/mol. The molecule has 2 fully saturated rings. The molecule has 3 rings (SSSR count). The molecule has 2 N–H and O–H groups in total. The number of nitrogens with one attached hydrogen (secondary N) is 2. The Bertz CT molecular complexity index is 626. The number of urea groups is 1. The van der Waals surface area contributed by atoms with E-state index >= 15 is 0 Å². The fourth-order valence-electron chi connectivity index (χ4n) is 3.95. The minimum absolute atomic E-state index is 0.0799. The maximum atomic E-state index is 12.4. The smallest absolute Gasteiger partial charge is 0.315 e. The minimum atomic E-state index is -0.0926. The van der Waals surface area contributed by atoms with Crippen LogP contribution in [0.1, 0.15) is 62.9 Å². The first kappa shape index (κ1) is 18.6. The van der Waals surface area contributed by atoms with Gasteiger partial charge in [0.1, 0.15) is 5.69 Å². The van der Waals surface area contributed by atoms with Gasteiger partial charge in [-0.25, -0.2) is 9.78 Å². The topological polar surface area (TPSA) is 87.2 Å². The van der Waals surface area contributed by atoms with Crippen molar-refractivity contribution in [2.75, 3.05) is 13.1 Å². The third-order valence-electron chi connectivity index (χ3n) is 5.71. The number of piperidine rings is 1. The highest BCUT2D eigenvalue weighted by molar-refractivity contribution is 5.92. The third-order valence-corrected chi connectivity index (χ3v) is 5.71. The van der Waals surface area contributed by atoms with Crippen molar-refractivity contribution >= 4 is 11.9 Å². The normalized spacial score (nSPS) is 23.3. The van der Waals surface area contributed by atoms with E-state index in [1.807, 2.05) is 0 Å². The molecule has 1 atom stereocenters. The zero-order valence-electron chi connectivity index (χ0n) is 15.7. The van der Waals surface area contributed by atoms with E-state index in [1.165, 1.54) is 25.2 Å². The van der Waals surface area contributed by atoms with Gasteiger partial charge in [-0.3, -0.25) is 9.78 Å². The van der Waals surface area contributed by atoms with E-state index in [0.29, 0.717) is 18.8 Å². The molecule has 26 heavy (non-hydrogen) atoms. The monoisotopic (exact) mass is 359 g/mol. The predicted octanol–water partition coefficient (Wildman–Crippen LogP) is 2.35. The molecule has 1 aromatic rings. The number of rotatable bonds is 3. The number of nitrogens with zero attached hydrogens (tertiary/aromatic N) is 3. The lowest BCUT2D eigenvalue weighted by Gasteiger charge is -2.39. The quantitative estimate of drug-likeness (QED) is 0.867. The van der Waals surface area contributed by atoms with E-state index in [1.54, 1.807) is 11.1 Å². The van der Waals surface area contributed by atoms with E-state index in [2.05, 4.69) is 34.4 Å². The van der Waals surface area contributed by atoms with Crippen LogP contribution in [0.15, 0.2) is 18.6 Å². The average Bonchev–Trinajstić information content (AvgIpc) is 2.64. The molecule has 0 spiro atoms. The maximum absolute atomic E-state index is 12.4. The fourth-order valence-corrected chi connectivity index (χ4v) is 3.95. The van der Waals surface area contributed by atoms with Crippen LogP contribution < -0.4 is 10.6 Å². The van der Waals surface area contributed by atoms with E-state index in [4.69, 9.17) is 0 Å². The molecule has 0 radical (unpaired) electrons. The number of hydrogen-bond donors (Lipinski definition) is 2. The van der Waals surface area contributed by atoms with Crippen molar-refractivity contribution in [3.63, 3.8) is 0 Å². The van der Waals surface area contributed by atoms with Crippen molar-refractivity contribution in [1.29, 1.82) is 0 Å². The van der Waals surface area contributed by atoms with Crippen molar-refractivity contribution < 1.29 is 9.59 Å². The Morgan fingerprint density at radius 1 is 1.12 bits per heavy atom. The largest absolute Gasteiger partial charge is 0.337 e. The van der Waals surface area contributed by atoms with Crippen LogP contribution in [-0.2, 0) is 0 Å². The van der Waals surface area contributed by atoms with Gasteiger partial charge in [0.25, 0.3) is 5.91 Å². The molecular weight excluding hydrogens is 330 g/mol. The summed E-state index contributed by atoms with van der Waals surface area (Å²) in [6, 6.07) is 0.255. The molecule has 0 bridgehead atoms. The van der Waals surface area contributed by atoms with E-state index in [9.17, 15) is 9.59 Å². The van der Waals surface area contributed by atoms with Crippen molar-refractivity contribution in [2.24, 2.45) is 5.41 Å². The first-order valence-electron chi connectivity index (χ1n) is 9.58. The third kappa shape index (κ3) is 4.51. The van der Waals surface area contributed by atoms with Gasteiger partial charge < -0.3 is 15.5 Å². The van der Waals surface area contributed by atoms with Gasteiger partial charge in [0.05, 0.1) is 6.20 Å². The summed E-state index contributed by atoms with van der Waals surface area (Å²) in [5, 5.41) is 6.25. The van der Waals surface area contributed by atoms with Gasteiger partial charge in [-0.05, 0) is 31.1 Å². The Hall–Kier alpha value is -2.18. The highest BCUT2D eigenvalue weighted by Crippen LogP contribution is 2.35. The summed E-state index contributed by atoms with van der Waals surface area (Å²) in [6.45, 7) is 5.70. The minimum Gasteiger partial charge on any atom is -0.337 e. The molecule has 2 aliphatic rings. The second kappa shape index (κ2) is 8.01. The van der Waals surface area contributed by atoms with Crippen molar-refractivity contribution in [3.05, 3.63) is 24.3 Å². The van der Waals surface area contributed by atoms with Crippen LogP contribution in [0.3, 0.4) is 0 Å². The first-order valence-corrected chi connectivity index (χ1v) is 9.58. The van der Waals surface area contributed by atoms with E-state index in [0.717, 1.165) is 25.7 Å². The second-order valence-electron chi connectivity index (χ2n) is 8.06. The molecule has 1 aliphatic carbocycles.